The van der Waals surface area contributed by atoms with Crippen LogP contribution in [0.15, 0.2) is 67.0 Å². The Labute approximate surface area is 181 Å². The molecule has 1 aromatic heterocycles. The third kappa shape index (κ3) is 5.48. The maximum atomic E-state index is 12.5. The lowest BCUT2D eigenvalue weighted by atomic mass is 10.2. The molecule has 0 spiro atoms. The van der Waals surface area contributed by atoms with Crippen molar-refractivity contribution in [3.8, 4) is 0 Å². The number of rotatable bonds is 7. The second-order valence-electron chi connectivity index (χ2n) is 7.44. The zero-order chi connectivity index (χ0) is 20.8. The molecule has 1 saturated heterocycles. The zero-order valence-corrected chi connectivity index (χ0v) is 17.5. The van der Waals surface area contributed by atoms with Gasteiger partial charge in [-0.3, -0.25) is 14.4 Å². The Balaban J connectivity index is 1.27. The number of carbonyl (C=O) groups is 1. The molecule has 1 unspecified atom stereocenters. The third-order valence-corrected chi connectivity index (χ3v) is 5.52. The fourth-order valence-electron chi connectivity index (χ4n) is 3.57. The summed E-state index contributed by atoms with van der Waals surface area (Å²) in [7, 11) is 0. The van der Waals surface area contributed by atoms with E-state index in [1.165, 1.54) is 5.56 Å². The second-order valence-corrected chi connectivity index (χ2v) is 7.85. The Hall–Kier alpha value is -2.67. The van der Waals surface area contributed by atoms with Gasteiger partial charge in [0, 0.05) is 37.4 Å². The highest BCUT2D eigenvalue weighted by atomic mass is 35.5. The molecule has 7 heteroatoms. The first-order valence-corrected chi connectivity index (χ1v) is 10.5. The van der Waals surface area contributed by atoms with Gasteiger partial charge in [-0.2, -0.15) is 5.10 Å². The van der Waals surface area contributed by atoms with E-state index >= 15 is 0 Å². The second kappa shape index (κ2) is 9.89. The fourth-order valence-corrected chi connectivity index (χ4v) is 3.76. The molecule has 1 aliphatic heterocycles. The van der Waals surface area contributed by atoms with Gasteiger partial charge < -0.3 is 10.1 Å². The summed E-state index contributed by atoms with van der Waals surface area (Å²) in [6.07, 6.45) is 3.29. The molecular formula is C23H25ClN4O2. The predicted octanol–water partition coefficient (Wildman–Crippen LogP) is 3.22. The average molecular weight is 425 g/mol. The minimum atomic E-state index is -0.149. The van der Waals surface area contributed by atoms with Crippen LogP contribution in [0.4, 0.5) is 0 Å². The van der Waals surface area contributed by atoms with Crippen molar-refractivity contribution in [1.29, 1.82) is 0 Å². The number of morpholine rings is 1. The summed E-state index contributed by atoms with van der Waals surface area (Å²) in [6.45, 7) is 4.24. The van der Waals surface area contributed by atoms with Gasteiger partial charge in [-0.1, -0.05) is 60.1 Å². The topological polar surface area (TPSA) is 59.4 Å². The van der Waals surface area contributed by atoms with Crippen LogP contribution in [0.5, 0.6) is 0 Å². The molecule has 2 aromatic carbocycles. The lowest BCUT2D eigenvalue weighted by Gasteiger charge is -2.33. The molecule has 156 valence electrons. The van der Waals surface area contributed by atoms with Crippen molar-refractivity contribution in [3.63, 3.8) is 0 Å². The molecule has 0 saturated carbocycles. The molecular weight excluding hydrogens is 400 g/mol. The summed E-state index contributed by atoms with van der Waals surface area (Å²) < 4.78 is 7.55. The van der Waals surface area contributed by atoms with Gasteiger partial charge in [0.15, 0.2) is 0 Å². The number of halogens is 1. The van der Waals surface area contributed by atoms with Crippen LogP contribution in [-0.4, -0.2) is 52.9 Å². The van der Waals surface area contributed by atoms with Crippen LogP contribution < -0.4 is 5.32 Å². The van der Waals surface area contributed by atoms with Gasteiger partial charge in [-0.05, 0) is 17.2 Å². The molecule has 0 bridgehead atoms. The summed E-state index contributed by atoms with van der Waals surface area (Å²) in [5.41, 5.74) is 2.77. The average Bonchev–Trinajstić information content (AvgIpc) is 3.23. The SMILES string of the molecule is O=C(NCC1CN(Cc2ccccc2)CCO1)c1cnn(Cc2ccccc2Cl)c1. The highest BCUT2D eigenvalue weighted by molar-refractivity contribution is 6.31. The maximum absolute atomic E-state index is 12.5. The zero-order valence-electron chi connectivity index (χ0n) is 16.7. The molecule has 1 N–H and O–H groups in total. The molecule has 30 heavy (non-hydrogen) atoms. The highest BCUT2D eigenvalue weighted by Crippen LogP contribution is 2.16. The minimum Gasteiger partial charge on any atom is -0.374 e. The largest absolute Gasteiger partial charge is 0.374 e. The van der Waals surface area contributed by atoms with Gasteiger partial charge in [0.2, 0.25) is 0 Å². The smallest absolute Gasteiger partial charge is 0.254 e. The summed E-state index contributed by atoms with van der Waals surface area (Å²) in [6, 6.07) is 18.0. The van der Waals surface area contributed by atoms with Crippen LogP contribution in [0, 0.1) is 0 Å². The van der Waals surface area contributed by atoms with Crippen LogP contribution in [0.3, 0.4) is 0 Å². The number of ether oxygens (including phenoxy) is 1. The molecule has 4 rings (SSSR count). The van der Waals surface area contributed by atoms with Gasteiger partial charge in [-0.25, -0.2) is 0 Å². The number of amides is 1. The molecule has 2 heterocycles. The van der Waals surface area contributed by atoms with Gasteiger partial charge in [0.05, 0.1) is 31.0 Å². The molecule has 6 nitrogen and oxygen atoms in total. The molecule has 3 aromatic rings. The number of benzene rings is 2. The van der Waals surface area contributed by atoms with Gasteiger partial charge >= 0.3 is 0 Å². The predicted molar refractivity (Wildman–Crippen MR) is 117 cm³/mol. The van der Waals surface area contributed by atoms with Crippen molar-refractivity contribution >= 4 is 17.5 Å². The Kier molecular flexibility index (Phi) is 6.79. The number of hydrogen-bond acceptors (Lipinski definition) is 4. The van der Waals surface area contributed by atoms with Gasteiger partial charge in [0.1, 0.15) is 0 Å². The summed E-state index contributed by atoms with van der Waals surface area (Å²) in [5.74, 6) is -0.149. The first-order chi connectivity index (χ1) is 14.7. The lowest BCUT2D eigenvalue weighted by molar-refractivity contribution is -0.0292. The lowest BCUT2D eigenvalue weighted by Crippen LogP contribution is -2.47. The van der Waals surface area contributed by atoms with Gasteiger partial charge in [0.25, 0.3) is 5.91 Å². The first-order valence-electron chi connectivity index (χ1n) is 10.1. The maximum Gasteiger partial charge on any atom is 0.254 e. The Bertz CT molecular complexity index is 976. The van der Waals surface area contributed by atoms with E-state index in [-0.39, 0.29) is 12.0 Å². The van der Waals surface area contributed by atoms with E-state index in [1.807, 2.05) is 30.3 Å². The molecule has 0 aliphatic carbocycles. The summed E-state index contributed by atoms with van der Waals surface area (Å²) in [5, 5.41) is 7.95. The minimum absolute atomic E-state index is 0.0235. The Morgan fingerprint density at radius 3 is 2.77 bits per heavy atom. The first kappa shape index (κ1) is 20.6. The van der Waals surface area contributed by atoms with Gasteiger partial charge in [-0.15, -0.1) is 0 Å². The molecule has 1 fully saturated rings. The van der Waals surface area contributed by atoms with E-state index in [9.17, 15) is 4.79 Å². The van der Waals surface area contributed by atoms with E-state index in [0.717, 1.165) is 25.2 Å². The monoisotopic (exact) mass is 424 g/mol. The van der Waals surface area contributed by atoms with Crippen molar-refractivity contribution in [1.82, 2.24) is 20.0 Å². The number of nitrogens with one attached hydrogen (secondary N) is 1. The normalized spacial score (nSPS) is 17.0. The fraction of sp³-hybridized carbons (Fsp3) is 0.304. The van der Waals surface area contributed by atoms with E-state index < -0.39 is 0 Å². The molecule has 0 radical (unpaired) electrons. The van der Waals surface area contributed by atoms with E-state index in [1.54, 1.807) is 17.1 Å². The number of nitrogens with zero attached hydrogens (tertiary/aromatic N) is 3. The number of hydrogen-bond donors (Lipinski definition) is 1. The summed E-state index contributed by atoms with van der Waals surface area (Å²) in [4.78, 5) is 14.9. The van der Waals surface area contributed by atoms with E-state index in [0.29, 0.717) is 30.3 Å². The van der Waals surface area contributed by atoms with Crippen molar-refractivity contribution < 1.29 is 9.53 Å². The van der Waals surface area contributed by atoms with Crippen LogP contribution in [-0.2, 0) is 17.8 Å². The standard InChI is InChI=1S/C23H25ClN4O2/c24-22-9-5-4-8-19(22)15-28-16-20(12-26-28)23(29)25-13-21-17-27(10-11-30-21)14-18-6-2-1-3-7-18/h1-9,12,16,21H,10-11,13-15,17H2,(H,25,29). The van der Waals surface area contributed by atoms with Crippen LogP contribution in [0.25, 0.3) is 0 Å². The Morgan fingerprint density at radius 2 is 1.93 bits per heavy atom. The van der Waals surface area contributed by atoms with Crippen molar-refractivity contribution in [3.05, 3.63) is 88.7 Å². The molecule has 1 aliphatic rings. The van der Waals surface area contributed by atoms with Crippen molar-refractivity contribution in [2.24, 2.45) is 0 Å². The summed E-state index contributed by atoms with van der Waals surface area (Å²) >= 11 is 6.20. The van der Waals surface area contributed by atoms with Crippen LogP contribution in [0.1, 0.15) is 21.5 Å². The quantitative estimate of drug-likeness (QED) is 0.632. The van der Waals surface area contributed by atoms with E-state index in [2.05, 4.69) is 39.6 Å². The van der Waals surface area contributed by atoms with E-state index in [4.69, 9.17) is 16.3 Å². The highest BCUT2D eigenvalue weighted by Gasteiger charge is 2.21. The molecule has 1 atom stereocenters. The van der Waals surface area contributed by atoms with Crippen LogP contribution in [0.2, 0.25) is 5.02 Å². The van der Waals surface area contributed by atoms with Crippen molar-refractivity contribution in [2.45, 2.75) is 19.2 Å². The number of carbonyl (C=O) groups excluding carboxylic acids is 1. The van der Waals surface area contributed by atoms with Crippen molar-refractivity contribution in [2.75, 3.05) is 26.2 Å². The third-order valence-electron chi connectivity index (χ3n) is 5.15. The molecule has 1 amide bonds. The Morgan fingerprint density at radius 1 is 1.13 bits per heavy atom. The number of aromatic nitrogens is 2. The van der Waals surface area contributed by atoms with Crippen LogP contribution >= 0.6 is 11.6 Å².